The van der Waals surface area contributed by atoms with E-state index in [2.05, 4.69) is 24.0 Å². The van der Waals surface area contributed by atoms with E-state index in [9.17, 15) is 9.59 Å². The van der Waals surface area contributed by atoms with Crippen LogP contribution in [0.3, 0.4) is 0 Å². The predicted molar refractivity (Wildman–Crippen MR) is 155 cm³/mol. The number of anilines is 1. The van der Waals surface area contributed by atoms with Gasteiger partial charge in [-0.1, -0.05) is 43.4 Å². The summed E-state index contributed by atoms with van der Waals surface area (Å²) in [6.45, 7) is 6.16. The van der Waals surface area contributed by atoms with E-state index in [0.29, 0.717) is 49.2 Å². The van der Waals surface area contributed by atoms with Crippen LogP contribution in [0.5, 0.6) is 11.5 Å². The minimum Gasteiger partial charge on any atom is -0.457 e. The van der Waals surface area contributed by atoms with Crippen molar-refractivity contribution in [3.8, 4) is 33.3 Å². The van der Waals surface area contributed by atoms with Crippen LogP contribution in [0.1, 0.15) is 56.0 Å². The molecule has 8 nitrogen and oxygen atoms in total. The predicted octanol–water partition coefficient (Wildman–Crippen LogP) is 6.43. The molecule has 0 atom stereocenters. The highest BCUT2D eigenvalue weighted by atomic mass is 32.1. The first-order valence-corrected chi connectivity index (χ1v) is 14.6. The van der Waals surface area contributed by atoms with E-state index in [1.54, 1.807) is 16.2 Å². The Kier molecular flexibility index (Phi) is 7.30. The Morgan fingerprint density at radius 1 is 0.900 bits per heavy atom. The minimum atomic E-state index is 0.108. The number of nitrogens with zero attached hydrogens (tertiary/aromatic N) is 5. The molecule has 2 fully saturated rings. The first-order chi connectivity index (χ1) is 19.4. The van der Waals surface area contributed by atoms with E-state index in [4.69, 9.17) is 9.72 Å². The number of pyridine rings is 1. The van der Waals surface area contributed by atoms with Gasteiger partial charge in [0.25, 0.3) is 0 Å². The maximum Gasteiger partial charge on any atom is 0.228 e. The number of benzene rings is 2. The Labute approximate surface area is 237 Å². The highest BCUT2D eigenvalue weighted by Crippen LogP contribution is 2.34. The zero-order valence-corrected chi connectivity index (χ0v) is 23.5. The molecule has 204 valence electrons. The van der Waals surface area contributed by atoms with Crippen molar-refractivity contribution in [3.05, 3.63) is 71.2 Å². The molecule has 9 heteroatoms. The van der Waals surface area contributed by atoms with E-state index in [-0.39, 0.29) is 11.8 Å². The van der Waals surface area contributed by atoms with E-state index in [0.717, 1.165) is 51.8 Å². The lowest BCUT2D eigenvalue weighted by Gasteiger charge is -2.19. The van der Waals surface area contributed by atoms with Crippen molar-refractivity contribution in [1.29, 1.82) is 0 Å². The van der Waals surface area contributed by atoms with Gasteiger partial charge < -0.3 is 9.64 Å². The molecule has 0 saturated carbocycles. The zero-order valence-electron chi connectivity index (χ0n) is 22.7. The average Bonchev–Trinajstić information content (AvgIpc) is 3.72. The second-order valence-electron chi connectivity index (χ2n) is 10.5. The number of ether oxygens (including phenoxy) is 1. The molecular formula is C31H31N5O3S. The second-order valence-corrected chi connectivity index (χ2v) is 11.5. The highest BCUT2D eigenvalue weighted by molar-refractivity contribution is 7.14. The van der Waals surface area contributed by atoms with E-state index < -0.39 is 0 Å². The summed E-state index contributed by atoms with van der Waals surface area (Å²) in [6, 6.07) is 19.6. The van der Waals surface area contributed by atoms with Crippen LogP contribution in [-0.2, 0) is 16.1 Å². The van der Waals surface area contributed by atoms with Crippen molar-refractivity contribution in [2.24, 2.45) is 0 Å². The van der Waals surface area contributed by atoms with Crippen molar-refractivity contribution < 1.29 is 14.3 Å². The van der Waals surface area contributed by atoms with Gasteiger partial charge >= 0.3 is 0 Å². The fourth-order valence-corrected chi connectivity index (χ4v) is 5.87. The van der Waals surface area contributed by atoms with Gasteiger partial charge in [-0.05, 0) is 55.3 Å². The maximum atomic E-state index is 12.4. The summed E-state index contributed by atoms with van der Waals surface area (Å²) in [5.41, 5.74) is 3.57. The monoisotopic (exact) mass is 553 g/mol. The van der Waals surface area contributed by atoms with Crippen LogP contribution in [0.25, 0.3) is 21.8 Å². The third-order valence-corrected chi connectivity index (χ3v) is 8.52. The lowest BCUT2D eigenvalue weighted by atomic mass is 10.1. The molecule has 0 spiro atoms. The summed E-state index contributed by atoms with van der Waals surface area (Å²) in [5.74, 6) is 2.65. The summed E-state index contributed by atoms with van der Waals surface area (Å²) in [4.78, 5) is 33.1. The lowest BCUT2D eigenvalue weighted by molar-refractivity contribution is -0.128. The van der Waals surface area contributed by atoms with Gasteiger partial charge in [-0.15, -0.1) is 10.2 Å². The van der Waals surface area contributed by atoms with Gasteiger partial charge in [0.15, 0.2) is 0 Å². The van der Waals surface area contributed by atoms with Crippen molar-refractivity contribution in [3.63, 3.8) is 0 Å². The van der Waals surface area contributed by atoms with Gasteiger partial charge in [0.05, 0.1) is 5.69 Å². The summed E-state index contributed by atoms with van der Waals surface area (Å²) in [6.07, 6.45) is 2.88. The average molecular weight is 554 g/mol. The molecule has 2 aliphatic heterocycles. The molecule has 2 aromatic carbocycles. The van der Waals surface area contributed by atoms with Gasteiger partial charge in [0, 0.05) is 55.1 Å². The fourth-order valence-electron chi connectivity index (χ4n) is 5.02. The smallest absolute Gasteiger partial charge is 0.228 e. The molecule has 2 aliphatic rings. The zero-order chi connectivity index (χ0) is 27.6. The van der Waals surface area contributed by atoms with Crippen molar-refractivity contribution >= 4 is 29.0 Å². The van der Waals surface area contributed by atoms with Crippen LogP contribution in [0.4, 0.5) is 5.82 Å². The molecule has 2 saturated heterocycles. The number of likely N-dealkylation sites (tertiary alicyclic amines) is 1. The molecule has 0 N–H and O–H groups in total. The maximum absolute atomic E-state index is 12.4. The van der Waals surface area contributed by atoms with Gasteiger partial charge in [-0.3, -0.25) is 14.5 Å². The summed E-state index contributed by atoms with van der Waals surface area (Å²) in [7, 11) is 0. The molecule has 4 aromatic rings. The van der Waals surface area contributed by atoms with Crippen LogP contribution >= 0.6 is 11.3 Å². The number of hydrogen-bond donors (Lipinski definition) is 0. The first kappa shape index (κ1) is 26.1. The van der Waals surface area contributed by atoms with Crippen molar-refractivity contribution in [2.45, 2.75) is 52.0 Å². The van der Waals surface area contributed by atoms with Gasteiger partial charge in [-0.25, -0.2) is 4.98 Å². The number of amides is 2. The quantitative estimate of drug-likeness (QED) is 0.250. The Bertz CT molecular complexity index is 1550. The Hall–Kier alpha value is -4.11. The largest absolute Gasteiger partial charge is 0.457 e. The molecule has 40 heavy (non-hydrogen) atoms. The van der Waals surface area contributed by atoms with Crippen LogP contribution in [0.2, 0.25) is 0 Å². The Balaban J connectivity index is 1.30. The molecule has 0 bridgehead atoms. The SMILES string of the molecule is CC(C)c1nnc(-c2ccc(Oc3cc(-c4cccc(N5CCCC5=O)n4)ccc3CN3CCCC3=O)cc2)s1. The number of carbonyl (C=O) groups is 2. The first-order valence-electron chi connectivity index (χ1n) is 13.7. The fraction of sp³-hybridized carbons (Fsp3) is 0.323. The van der Waals surface area contributed by atoms with Gasteiger partial charge in [0.1, 0.15) is 27.3 Å². The third-order valence-electron chi connectivity index (χ3n) is 7.24. The Morgan fingerprint density at radius 2 is 1.68 bits per heavy atom. The minimum absolute atomic E-state index is 0.108. The van der Waals surface area contributed by atoms with E-state index in [1.807, 2.05) is 65.6 Å². The molecule has 2 aromatic heterocycles. The van der Waals surface area contributed by atoms with Crippen LogP contribution in [-0.4, -0.2) is 45.0 Å². The summed E-state index contributed by atoms with van der Waals surface area (Å²) < 4.78 is 6.44. The molecule has 0 radical (unpaired) electrons. The number of rotatable bonds is 8. The molecule has 6 rings (SSSR count). The summed E-state index contributed by atoms with van der Waals surface area (Å²) >= 11 is 1.60. The van der Waals surface area contributed by atoms with Crippen LogP contribution in [0, 0.1) is 0 Å². The number of hydrogen-bond acceptors (Lipinski definition) is 7. The summed E-state index contributed by atoms with van der Waals surface area (Å²) in [5, 5.41) is 10.5. The standard InChI is InChI=1S/C31H31N5O3S/c1-20(2)30-33-34-31(40-30)21-12-14-24(15-13-21)39-26-18-22(10-11-23(26)19-35-16-4-8-28(35)37)25-6-3-7-27(32-25)36-17-5-9-29(36)38/h3,6-7,10-15,18,20H,4-5,8-9,16-17,19H2,1-2H3. The molecule has 4 heterocycles. The normalized spacial score (nSPS) is 15.5. The van der Waals surface area contributed by atoms with E-state index >= 15 is 0 Å². The third kappa shape index (κ3) is 5.47. The van der Waals surface area contributed by atoms with Crippen molar-refractivity contribution in [2.75, 3.05) is 18.0 Å². The molecule has 2 amide bonds. The van der Waals surface area contributed by atoms with Crippen LogP contribution < -0.4 is 9.64 Å². The second kappa shape index (κ2) is 11.2. The van der Waals surface area contributed by atoms with E-state index in [1.165, 1.54) is 0 Å². The number of carbonyl (C=O) groups excluding carboxylic acids is 2. The molecule has 0 aliphatic carbocycles. The van der Waals surface area contributed by atoms with Gasteiger partial charge in [-0.2, -0.15) is 0 Å². The Morgan fingerprint density at radius 3 is 2.38 bits per heavy atom. The van der Waals surface area contributed by atoms with Crippen molar-refractivity contribution in [1.82, 2.24) is 20.1 Å². The van der Waals surface area contributed by atoms with Crippen LogP contribution in [0.15, 0.2) is 60.7 Å². The molecular weight excluding hydrogens is 522 g/mol. The lowest BCUT2D eigenvalue weighted by Crippen LogP contribution is -2.24. The molecule has 0 unspecified atom stereocenters. The topological polar surface area (TPSA) is 88.5 Å². The highest BCUT2D eigenvalue weighted by Gasteiger charge is 2.24. The number of aromatic nitrogens is 3. The van der Waals surface area contributed by atoms with Gasteiger partial charge in [0.2, 0.25) is 11.8 Å².